The zero-order valence-electron chi connectivity index (χ0n) is 33.5. The van der Waals surface area contributed by atoms with Crippen molar-refractivity contribution in [3.8, 4) is 108 Å². The largest absolute Gasteiger partial charge is 0.228 e. The van der Waals surface area contributed by atoms with Gasteiger partial charge >= 0.3 is 0 Å². The van der Waals surface area contributed by atoms with Gasteiger partial charge in [-0.3, -0.25) is 0 Å². The molecule has 0 aliphatic carbocycles. The van der Waals surface area contributed by atoms with Gasteiger partial charge in [0.2, 0.25) is 0 Å². The second-order valence-corrected chi connectivity index (χ2v) is 14.8. The molecule has 0 saturated carbocycles. The Balaban J connectivity index is 1.05. The van der Waals surface area contributed by atoms with E-state index in [1.165, 1.54) is 0 Å². The lowest BCUT2D eigenvalue weighted by Crippen LogP contribution is -2.01. The van der Waals surface area contributed by atoms with Gasteiger partial charge in [-0.1, -0.05) is 194 Å². The third-order valence-electron chi connectivity index (χ3n) is 10.8. The van der Waals surface area contributed by atoms with Crippen LogP contribution in [-0.2, 0) is 0 Å². The van der Waals surface area contributed by atoms with Crippen molar-refractivity contribution < 1.29 is 0 Å². The second-order valence-electron chi connectivity index (χ2n) is 14.8. The Morgan fingerprint density at radius 3 is 1.27 bits per heavy atom. The van der Waals surface area contributed by atoms with Crippen LogP contribution in [-0.4, -0.2) is 24.9 Å². The van der Waals surface area contributed by atoms with Gasteiger partial charge in [-0.15, -0.1) is 0 Å². The fourth-order valence-corrected chi connectivity index (χ4v) is 7.72. The lowest BCUT2D eigenvalue weighted by atomic mass is 9.91. The number of benzene rings is 8. The van der Waals surface area contributed by atoms with Crippen molar-refractivity contribution in [3.63, 3.8) is 0 Å². The zero-order chi connectivity index (χ0) is 41.7. The minimum Gasteiger partial charge on any atom is -0.228 e. The van der Waals surface area contributed by atoms with Crippen molar-refractivity contribution in [2.24, 2.45) is 0 Å². The lowest BCUT2D eigenvalue weighted by molar-refractivity contribution is 1.07. The Labute approximate surface area is 360 Å². The van der Waals surface area contributed by atoms with E-state index in [0.29, 0.717) is 28.9 Å². The van der Waals surface area contributed by atoms with E-state index in [2.05, 4.69) is 97.1 Å². The number of rotatable bonds is 9. The average molecular weight is 793 g/mol. The van der Waals surface area contributed by atoms with E-state index < -0.39 is 0 Å². The van der Waals surface area contributed by atoms with Crippen LogP contribution in [0.2, 0.25) is 0 Å². The number of aromatic nitrogens is 5. The molecule has 0 aliphatic rings. The van der Waals surface area contributed by atoms with Crippen LogP contribution in [0.3, 0.4) is 0 Å². The molecule has 0 atom stereocenters. The molecule has 0 N–H and O–H groups in total. The van der Waals surface area contributed by atoms with Crippen LogP contribution in [0.4, 0.5) is 0 Å². The molecule has 0 amide bonds. The summed E-state index contributed by atoms with van der Waals surface area (Å²) in [6, 6.07) is 75.8. The lowest BCUT2D eigenvalue weighted by Gasteiger charge is -2.15. The molecule has 10 rings (SSSR count). The maximum atomic E-state index is 9.56. The van der Waals surface area contributed by atoms with E-state index in [9.17, 15) is 5.26 Å². The summed E-state index contributed by atoms with van der Waals surface area (Å²) in [5, 5.41) is 9.56. The molecule has 8 aromatic carbocycles. The summed E-state index contributed by atoms with van der Waals surface area (Å²) in [5.74, 6) is 2.39. The summed E-state index contributed by atoms with van der Waals surface area (Å²) in [4.78, 5) is 25.4. The molecular weight excluding hydrogens is 757 g/mol. The molecule has 62 heavy (non-hydrogen) atoms. The Morgan fingerprint density at radius 2 is 0.661 bits per heavy atom. The standard InChI is InChI=1S/C56H36N6/c57-37-38-16-14-23-44(34-38)45-24-15-25-46(35-45)55-60-54(43-21-8-3-9-22-43)61-56(62-55)50-29-13-12-28-49(50)48-27-11-10-26-47(48)39-30-32-41(33-31-39)52-36-51(40-17-4-1-5-18-40)58-53(59-52)42-19-6-2-7-20-42/h1-36H. The zero-order valence-corrected chi connectivity index (χ0v) is 33.5. The summed E-state index contributed by atoms with van der Waals surface area (Å²) < 4.78 is 0. The van der Waals surface area contributed by atoms with Gasteiger partial charge in [0.25, 0.3) is 0 Å². The van der Waals surface area contributed by atoms with Gasteiger partial charge in [0.05, 0.1) is 23.0 Å². The third kappa shape index (κ3) is 7.78. The Hall–Kier alpha value is -8.66. The smallest absolute Gasteiger partial charge is 0.164 e. The van der Waals surface area contributed by atoms with Crippen LogP contribution in [0.5, 0.6) is 0 Å². The molecule has 6 nitrogen and oxygen atoms in total. The fraction of sp³-hybridized carbons (Fsp3) is 0. The van der Waals surface area contributed by atoms with Crippen LogP contribution >= 0.6 is 0 Å². The molecule has 0 bridgehead atoms. The average Bonchev–Trinajstić information content (AvgIpc) is 3.37. The normalized spacial score (nSPS) is 10.9. The van der Waals surface area contributed by atoms with E-state index in [1.807, 2.05) is 127 Å². The Kier molecular flexibility index (Phi) is 10.3. The first kappa shape index (κ1) is 37.6. The maximum Gasteiger partial charge on any atom is 0.164 e. The Morgan fingerprint density at radius 1 is 0.258 bits per heavy atom. The first-order valence-corrected chi connectivity index (χ1v) is 20.4. The van der Waals surface area contributed by atoms with Crippen molar-refractivity contribution in [2.45, 2.75) is 0 Å². The summed E-state index contributed by atoms with van der Waals surface area (Å²) in [6.45, 7) is 0. The third-order valence-corrected chi connectivity index (χ3v) is 10.8. The molecule has 0 spiro atoms. The first-order chi connectivity index (χ1) is 30.7. The van der Waals surface area contributed by atoms with E-state index in [4.69, 9.17) is 24.9 Å². The SMILES string of the molecule is N#Cc1cccc(-c2cccc(-c3nc(-c4ccccc4)nc(-c4ccccc4-c4ccccc4-c4ccc(-c5cc(-c6ccccc6)nc(-c6ccccc6)n5)cc4)n3)c2)c1. The van der Waals surface area contributed by atoms with Crippen molar-refractivity contribution in [2.75, 3.05) is 0 Å². The molecule has 10 aromatic rings. The molecule has 0 unspecified atom stereocenters. The predicted molar refractivity (Wildman–Crippen MR) is 249 cm³/mol. The first-order valence-electron chi connectivity index (χ1n) is 20.4. The highest BCUT2D eigenvalue weighted by molar-refractivity contribution is 5.91. The quantitative estimate of drug-likeness (QED) is 0.145. The molecule has 0 saturated heterocycles. The summed E-state index contributed by atoms with van der Waals surface area (Å²) in [6.07, 6.45) is 0. The van der Waals surface area contributed by atoms with Gasteiger partial charge in [-0.05, 0) is 57.6 Å². The molecule has 2 heterocycles. The molecule has 0 radical (unpaired) electrons. The molecule has 0 fully saturated rings. The number of nitriles is 1. The summed E-state index contributed by atoms with van der Waals surface area (Å²) in [5.41, 5.74) is 14.1. The van der Waals surface area contributed by atoms with Crippen molar-refractivity contribution in [1.29, 1.82) is 5.26 Å². The van der Waals surface area contributed by atoms with E-state index in [0.717, 1.165) is 78.1 Å². The van der Waals surface area contributed by atoms with Gasteiger partial charge in [-0.25, -0.2) is 24.9 Å². The topological polar surface area (TPSA) is 88.2 Å². The van der Waals surface area contributed by atoms with Gasteiger partial charge in [-0.2, -0.15) is 5.26 Å². The summed E-state index contributed by atoms with van der Waals surface area (Å²) >= 11 is 0. The highest BCUT2D eigenvalue weighted by Gasteiger charge is 2.18. The second kappa shape index (κ2) is 16.9. The summed E-state index contributed by atoms with van der Waals surface area (Å²) in [7, 11) is 0. The van der Waals surface area contributed by atoms with Gasteiger partial charge in [0, 0.05) is 33.4 Å². The minimum atomic E-state index is 0.557. The van der Waals surface area contributed by atoms with Crippen molar-refractivity contribution >= 4 is 0 Å². The Bertz CT molecular complexity index is 3170. The van der Waals surface area contributed by atoms with E-state index >= 15 is 0 Å². The number of nitrogens with zero attached hydrogens (tertiary/aromatic N) is 6. The number of hydrogen-bond donors (Lipinski definition) is 0. The molecular formula is C56H36N6. The molecule has 0 aliphatic heterocycles. The van der Waals surface area contributed by atoms with E-state index in [-0.39, 0.29) is 0 Å². The van der Waals surface area contributed by atoms with Crippen molar-refractivity contribution in [1.82, 2.24) is 24.9 Å². The number of hydrogen-bond acceptors (Lipinski definition) is 6. The van der Waals surface area contributed by atoms with Crippen LogP contribution in [0, 0.1) is 11.3 Å². The highest BCUT2D eigenvalue weighted by atomic mass is 15.0. The van der Waals surface area contributed by atoms with Gasteiger partial charge in [0.15, 0.2) is 23.3 Å². The van der Waals surface area contributed by atoms with Crippen molar-refractivity contribution in [3.05, 3.63) is 224 Å². The van der Waals surface area contributed by atoms with Crippen LogP contribution in [0.1, 0.15) is 5.56 Å². The molecule has 2 aromatic heterocycles. The van der Waals surface area contributed by atoms with Crippen LogP contribution in [0.15, 0.2) is 218 Å². The van der Waals surface area contributed by atoms with Crippen LogP contribution in [0.25, 0.3) is 101 Å². The van der Waals surface area contributed by atoms with Gasteiger partial charge in [0.1, 0.15) is 0 Å². The fourth-order valence-electron chi connectivity index (χ4n) is 7.72. The van der Waals surface area contributed by atoms with E-state index in [1.54, 1.807) is 0 Å². The molecule has 290 valence electrons. The maximum absolute atomic E-state index is 9.56. The van der Waals surface area contributed by atoms with Gasteiger partial charge < -0.3 is 0 Å². The highest BCUT2D eigenvalue weighted by Crippen LogP contribution is 2.39. The minimum absolute atomic E-state index is 0.557. The van der Waals surface area contributed by atoms with Crippen LogP contribution < -0.4 is 0 Å². The molecule has 6 heteroatoms. The predicted octanol–water partition coefficient (Wildman–Crippen LogP) is 13.5. The monoisotopic (exact) mass is 792 g/mol.